The highest BCUT2D eigenvalue weighted by atomic mass is 28.3. The van der Waals surface area contributed by atoms with Gasteiger partial charge in [0.15, 0.2) is 0 Å². The van der Waals surface area contributed by atoms with Gasteiger partial charge in [-0.05, 0) is 17.2 Å². The first-order valence-corrected chi connectivity index (χ1v) is 12.4. The van der Waals surface area contributed by atoms with Gasteiger partial charge in [0, 0.05) is 31.9 Å². The second-order valence-electron chi connectivity index (χ2n) is 7.61. The topological polar surface area (TPSA) is 44.4 Å². The summed E-state index contributed by atoms with van der Waals surface area (Å²) in [7, 11) is -1.24. The highest BCUT2D eigenvalue weighted by Crippen LogP contribution is 2.19. The largest absolute Gasteiger partial charge is 0.381 e. The molecule has 0 atom stereocenters. The lowest BCUT2D eigenvalue weighted by atomic mass is 10.1. The van der Waals surface area contributed by atoms with Gasteiger partial charge in [0.1, 0.15) is 0 Å². The van der Waals surface area contributed by atoms with E-state index in [0.29, 0.717) is 6.54 Å². The number of amides is 2. The van der Waals surface area contributed by atoms with Crippen molar-refractivity contribution in [2.24, 2.45) is 0 Å². The number of carbonyl (C=O) groups excluding carboxylic acids is 1. The first-order valence-electron chi connectivity index (χ1n) is 8.87. The van der Waals surface area contributed by atoms with Crippen LogP contribution in [0.1, 0.15) is 11.1 Å². The molecule has 0 aromatic heterocycles. The van der Waals surface area contributed by atoms with E-state index in [1.54, 1.807) is 0 Å². The summed E-state index contributed by atoms with van der Waals surface area (Å²) in [6.07, 6.45) is 0. The number of rotatable bonds is 6. The number of nitrogens with zero attached hydrogens (tertiary/aromatic N) is 1. The van der Waals surface area contributed by atoms with Crippen LogP contribution in [0.2, 0.25) is 19.6 Å². The Kier molecular flexibility index (Phi) is 5.13. The lowest BCUT2D eigenvalue weighted by Gasteiger charge is -2.19. The van der Waals surface area contributed by atoms with Crippen molar-refractivity contribution in [3.8, 4) is 0 Å². The molecule has 132 valence electrons. The zero-order chi connectivity index (χ0) is 17.9. The molecule has 0 spiro atoms. The Morgan fingerprint density at radius 1 is 1.08 bits per heavy atom. The van der Waals surface area contributed by atoms with Crippen LogP contribution in [0.25, 0.3) is 0 Å². The minimum atomic E-state index is -1.24. The van der Waals surface area contributed by atoms with Gasteiger partial charge in [-0.15, -0.1) is 0 Å². The van der Waals surface area contributed by atoms with E-state index in [4.69, 9.17) is 0 Å². The lowest BCUT2D eigenvalue weighted by Crippen LogP contribution is -2.37. The van der Waals surface area contributed by atoms with Crippen molar-refractivity contribution in [2.75, 3.05) is 18.4 Å². The van der Waals surface area contributed by atoms with Crippen LogP contribution in [-0.2, 0) is 13.1 Å². The number of urea groups is 1. The molecule has 2 aromatic carbocycles. The second-order valence-corrected chi connectivity index (χ2v) is 12.7. The number of hydrogen-bond acceptors (Lipinski definition) is 2. The third kappa shape index (κ3) is 4.42. The first-order chi connectivity index (χ1) is 11.9. The summed E-state index contributed by atoms with van der Waals surface area (Å²) < 4.78 is 0. The first kappa shape index (κ1) is 17.5. The molecule has 1 saturated heterocycles. The van der Waals surface area contributed by atoms with Crippen LogP contribution in [0.5, 0.6) is 0 Å². The highest BCUT2D eigenvalue weighted by Gasteiger charge is 2.20. The number of benzene rings is 2. The number of anilines is 1. The van der Waals surface area contributed by atoms with E-state index in [1.807, 2.05) is 17.0 Å². The van der Waals surface area contributed by atoms with Crippen LogP contribution < -0.4 is 15.8 Å². The molecule has 2 N–H and O–H groups in total. The zero-order valence-electron chi connectivity index (χ0n) is 15.3. The zero-order valence-corrected chi connectivity index (χ0v) is 16.3. The molecule has 1 heterocycles. The van der Waals surface area contributed by atoms with Gasteiger partial charge in [-0.1, -0.05) is 67.3 Å². The molecular formula is C20H27N3OSi. The van der Waals surface area contributed by atoms with Crippen LogP contribution in [0.3, 0.4) is 0 Å². The van der Waals surface area contributed by atoms with Crippen molar-refractivity contribution in [3.63, 3.8) is 0 Å². The molecule has 1 fully saturated rings. The Labute approximate surface area is 151 Å². The third-order valence-electron chi connectivity index (χ3n) is 4.63. The summed E-state index contributed by atoms with van der Waals surface area (Å²) >= 11 is 0. The van der Waals surface area contributed by atoms with E-state index < -0.39 is 8.07 Å². The fourth-order valence-electron chi connectivity index (χ4n) is 3.02. The molecule has 1 aliphatic rings. The average Bonchev–Trinajstić information content (AvgIpc) is 2.99. The van der Waals surface area contributed by atoms with Gasteiger partial charge in [0.2, 0.25) is 0 Å². The Morgan fingerprint density at radius 2 is 1.80 bits per heavy atom. The molecule has 0 bridgehead atoms. The number of carbonyl (C=O) groups is 1. The summed E-state index contributed by atoms with van der Waals surface area (Å²) in [6, 6.07) is 17.2. The Balaban J connectivity index is 1.66. The van der Waals surface area contributed by atoms with E-state index in [9.17, 15) is 4.79 Å². The summed E-state index contributed by atoms with van der Waals surface area (Å²) in [5.41, 5.74) is 3.52. The summed E-state index contributed by atoms with van der Waals surface area (Å²) in [5, 5.41) is 7.87. The van der Waals surface area contributed by atoms with Crippen LogP contribution in [-0.4, -0.2) is 32.1 Å². The van der Waals surface area contributed by atoms with Crippen LogP contribution in [0, 0.1) is 0 Å². The maximum Gasteiger partial charge on any atom is 0.317 e. The molecular weight excluding hydrogens is 326 g/mol. The Morgan fingerprint density at radius 3 is 2.44 bits per heavy atom. The quantitative estimate of drug-likeness (QED) is 0.782. The molecule has 2 amide bonds. The highest BCUT2D eigenvalue weighted by molar-refractivity contribution is 6.88. The van der Waals surface area contributed by atoms with Crippen molar-refractivity contribution < 1.29 is 4.79 Å². The van der Waals surface area contributed by atoms with Crippen molar-refractivity contribution in [1.82, 2.24) is 10.2 Å². The molecule has 1 aliphatic heterocycles. The number of nitrogens with one attached hydrogen (secondary N) is 2. The number of hydrogen-bond donors (Lipinski definition) is 2. The van der Waals surface area contributed by atoms with E-state index in [0.717, 1.165) is 30.9 Å². The van der Waals surface area contributed by atoms with Crippen molar-refractivity contribution in [2.45, 2.75) is 32.7 Å². The van der Waals surface area contributed by atoms with Crippen molar-refractivity contribution >= 4 is 25.0 Å². The van der Waals surface area contributed by atoms with Crippen molar-refractivity contribution in [1.29, 1.82) is 0 Å². The van der Waals surface area contributed by atoms with Crippen LogP contribution >= 0.6 is 0 Å². The van der Waals surface area contributed by atoms with Gasteiger partial charge < -0.3 is 15.5 Å². The predicted octanol–water partition coefficient (Wildman–Crippen LogP) is 3.37. The van der Waals surface area contributed by atoms with E-state index >= 15 is 0 Å². The molecule has 25 heavy (non-hydrogen) atoms. The van der Waals surface area contributed by atoms with Gasteiger partial charge in [-0.2, -0.15) is 0 Å². The molecule has 4 nitrogen and oxygen atoms in total. The van der Waals surface area contributed by atoms with Gasteiger partial charge in [-0.25, -0.2) is 4.79 Å². The third-order valence-corrected chi connectivity index (χ3v) is 6.69. The molecule has 0 radical (unpaired) electrons. The monoisotopic (exact) mass is 353 g/mol. The molecule has 0 saturated carbocycles. The van der Waals surface area contributed by atoms with Gasteiger partial charge >= 0.3 is 6.03 Å². The predicted molar refractivity (Wildman–Crippen MR) is 107 cm³/mol. The van der Waals surface area contributed by atoms with Crippen molar-refractivity contribution in [3.05, 3.63) is 59.7 Å². The summed E-state index contributed by atoms with van der Waals surface area (Å²) in [5.74, 6) is 0. The minimum Gasteiger partial charge on any atom is -0.381 e. The molecule has 2 aromatic rings. The van der Waals surface area contributed by atoms with E-state index in [2.05, 4.69) is 66.7 Å². The standard InChI is InChI=1S/C20H27N3OSi/c1-25(2,3)18-10-8-16(9-11-18)14-22-19-7-5-4-6-17(19)15-23-13-12-21-20(23)24/h4-11,22H,12-15H2,1-3H3,(H,21,24). The lowest BCUT2D eigenvalue weighted by molar-refractivity contribution is 0.215. The van der Waals surface area contributed by atoms with Gasteiger partial charge in [-0.3, -0.25) is 0 Å². The second kappa shape index (κ2) is 7.31. The molecule has 0 aliphatic carbocycles. The fraction of sp³-hybridized carbons (Fsp3) is 0.350. The molecule has 5 heteroatoms. The van der Waals surface area contributed by atoms with E-state index in [1.165, 1.54) is 10.8 Å². The summed E-state index contributed by atoms with van der Waals surface area (Å²) in [6.45, 7) is 10.0. The molecule has 3 rings (SSSR count). The van der Waals surface area contributed by atoms with Crippen LogP contribution in [0.15, 0.2) is 48.5 Å². The SMILES string of the molecule is C[Si](C)(C)c1ccc(CNc2ccccc2CN2CCNC2=O)cc1. The van der Waals surface area contributed by atoms with E-state index in [-0.39, 0.29) is 6.03 Å². The van der Waals surface area contributed by atoms with Gasteiger partial charge in [0.05, 0.1) is 8.07 Å². The smallest absolute Gasteiger partial charge is 0.317 e. The Hall–Kier alpha value is -2.27. The molecule has 0 unspecified atom stereocenters. The summed E-state index contributed by atoms with van der Waals surface area (Å²) in [4.78, 5) is 13.6. The Bertz CT molecular complexity index is 737. The van der Waals surface area contributed by atoms with Crippen LogP contribution in [0.4, 0.5) is 10.5 Å². The maximum absolute atomic E-state index is 11.8. The number of para-hydroxylation sites is 1. The van der Waals surface area contributed by atoms with Gasteiger partial charge in [0.25, 0.3) is 0 Å². The minimum absolute atomic E-state index is 0.0248. The normalized spacial score (nSPS) is 14.5. The average molecular weight is 354 g/mol. The fourth-order valence-corrected chi connectivity index (χ4v) is 4.18. The maximum atomic E-state index is 11.8.